The van der Waals surface area contributed by atoms with Gasteiger partial charge in [0.05, 0.1) is 45.1 Å². The van der Waals surface area contributed by atoms with E-state index in [0.717, 1.165) is 45.0 Å². The highest BCUT2D eigenvalue weighted by atomic mass is 19.1. The highest BCUT2D eigenvalue weighted by Gasteiger charge is 2.17. The number of aromatic nitrogens is 3. The lowest BCUT2D eigenvalue weighted by molar-refractivity contribution is 0.0357. The van der Waals surface area contributed by atoms with Crippen LogP contribution in [0, 0.1) is 5.82 Å². The van der Waals surface area contributed by atoms with Gasteiger partial charge in [-0.2, -0.15) is 0 Å². The molecule has 0 aliphatic carbocycles. The number of morpholine rings is 1. The molecule has 1 fully saturated rings. The predicted molar refractivity (Wildman–Crippen MR) is 177 cm³/mol. The van der Waals surface area contributed by atoms with Crippen molar-refractivity contribution in [2.75, 3.05) is 59.0 Å². The third-order valence-corrected chi connectivity index (χ3v) is 7.94. The van der Waals surface area contributed by atoms with Gasteiger partial charge in [0.2, 0.25) is 5.95 Å². The third kappa shape index (κ3) is 7.29. The topological polar surface area (TPSA) is 109 Å². The summed E-state index contributed by atoms with van der Waals surface area (Å²) in [5.41, 5.74) is 1.63. The van der Waals surface area contributed by atoms with E-state index in [1.54, 1.807) is 63.9 Å². The number of nitrogens with zero attached hydrogens (tertiary/aromatic N) is 4. The van der Waals surface area contributed by atoms with Crippen LogP contribution in [0.2, 0.25) is 0 Å². The lowest BCUT2D eigenvalue weighted by atomic mass is 10.1. The highest BCUT2D eigenvalue weighted by molar-refractivity contribution is 5.88. The molecule has 3 aromatic carbocycles. The van der Waals surface area contributed by atoms with Crippen LogP contribution in [0.5, 0.6) is 28.7 Å². The third-order valence-electron chi connectivity index (χ3n) is 7.94. The predicted octanol–water partition coefficient (Wildman–Crippen LogP) is 5.79. The Balaban J connectivity index is 1.17. The first-order valence-corrected chi connectivity index (χ1v) is 15.3. The second-order valence-corrected chi connectivity index (χ2v) is 10.9. The van der Waals surface area contributed by atoms with Crippen molar-refractivity contribution < 1.29 is 28.1 Å². The molecule has 1 aliphatic rings. The minimum absolute atomic E-state index is 0.00812. The summed E-state index contributed by atoms with van der Waals surface area (Å²) in [5, 5.41) is 3.75. The van der Waals surface area contributed by atoms with E-state index in [1.807, 2.05) is 12.1 Å². The Kier molecular flexibility index (Phi) is 9.79. The van der Waals surface area contributed by atoms with Crippen LogP contribution >= 0.6 is 0 Å². The van der Waals surface area contributed by atoms with Crippen molar-refractivity contribution in [1.82, 2.24) is 19.4 Å². The van der Waals surface area contributed by atoms with Gasteiger partial charge in [0, 0.05) is 56.2 Å². The van der Waals surface area contributed by atoms with E-state index in [1.165, 1.54) is 22.9 Å². The summed E-state index contributed by atoms with van der Waals surface area (Å²) in [6.45, 7) is 4.84. The van der Waals surface area contributed by atoms with Crippen LogP contribution in [-0.4, -0.2) is 73.1 Å². The molecule has 12 heteroatoms. The SMILES string of the molecule is COc1ccc(Nc2ncc(-c3ccc(Oc4ccnc5cc(OCCCN6CCOCC6)c(OC)cc45)c(F)c3)c(=O)n2C)cc1. The molecule has 244 valence electrons. The summed E-state index contributed by atoms with van der Waals surface area (Å²) in [5.74, 6) is 1.89. The zero-order valence-corrected chi connectivity index (χ0v) is 26.5. The molecule has 0 bridgehead atoms. The Morgan fingerprint density at radius 3 is 2.47 bits per heavy atom. The van der Waals surface area contributed by atoms with Crippen molar-refractivity contribution in [2.24, 2.45) is 7.05 Å². The minimum Gasteiger partial charge on any atom is -0.497 e. The van der Waals surface area contributed by atoms with Crippen molar-refractivity contribution in [3.63, 3.8) is 0 Å². The molecular formula is C35H36FN5O6. The summed E-state index contributed by atoms with van der Waals surface area (Å²) < 4.78 is 45.1. The van der Waals surface area contributed by atoms with Crippen LogP contribution in [0.3, 0.4) is 0 Å². The molecule has 1 aliphatic heterocycles. The van der Waals surface area contributed by atoms with Crippen LogP contribution in [0.15, 0.2) is 77.9 Å². The number of rotatable bonds is 12. The zero-order chi connectivity index (χ0) is 32.8. The Labute approximate surface area is 271 Å². The van der Waals surface area contributed by atoms with Gasteiger partial charge in [0.15, 0.2) is 23.1 Å². The lowest BCUT2D eigenvalue weighted by Gasteiger charge is -2.26. The fourth-order valence-corrected chi connectivity index (χ4v) is 5.32. The summed E-state index contributed by atoms with van der Waals surface area (Å²) in [6.07, 6.45) is 3.88. The van der Waals surface area contributed by atoms with Gasteiger partial charge in [-0.05, 0) is 60.5 Å². The second-order valence-electron chi connectivity index (χ2n) is 10.9. The number of nitrogens with one attached hydrogen (secondary N) is 1. The molecule has 0 atom stereocenters. The summed E-state index contributed by atoms with van der Waals surface area (Å²) in [4.78, 5) is 24.5. The number of fused-ring (bicyclic) bond motifs is 1. The van der Waals surface area contributed by atoms with E-state index >= 15 is 4.39 Å². The fourth-order valence-electron chi connectivity index (χ4n) is 5.32. The average molecular weight is 642 g/mol. The number of methoxy groups -OCH3 is 2. The lowest BCUT2D eigenvalue weighted by Crippen LogP contribution is -2.37. The van der Waals surface area contributed by atoms with Crippen LogP contribution in [-0.2, 0) is 11.8 Å². The first-order valence-electron chi connectivity index (χ1n) is 15.3. The van der Waals surface area contributed by atoms with Crippen molar-refractivity contribution in [2.45, 2.75) is 6.42 Å². The van der Waals surface area contributed by atoms with Crippen LogP contribution in [0.25, 0.3) is 22.0 Å². The van der Waals surface area contributed by atoms with E-state index in [-0.39, 0.29) is 16.9 Å². The molecule has 2 aromatic heterocycles. The smallest absolute Gasteiger partial charge is 0.262 e. The van der Waals surface area contributed by atoms with Crippen LogP contribution in [0.1, 0.15) is 6.42 Å². The van der Waals surface area contributed by atoms with Gasteiger partial charge in [0.1, 0.15) is 11.5 Å². The second kappa shape index (κ2) is 14.5. The summed E-state index contributed by atoms with van der Waals surface area (Å²) in [7, 11) is 4.76. The summed E-state index contributed by atoms with van der Waals surface area (Å²) in [6, 6.07) is 16.8. The largest absolute Gasteiger partial charge is 0.497 e. The number of benzene rings is 3. The Bertz CT molecular complexity index is 1910. The number of ether oxygens (including phenoxy) is 5. The standard InChI is InChI=1S/C35H36FN5O6/c1-40-34(42)27(22-38-35(40)39-24-6-8-25(43-2)9-7-24)23-5-10-31(28(36)19-23)47-30-11-12-37-29-21-33(32(44-3)20-26(29)30)46-16-4-13-41-14-17-45-18-15-41/h5-12,19-22H,4,13-18H2,1-3H3,(H,38,39). The molecular weight excluding hydrogens is 605 g/mol. The van der Waals surface area contributed by atoms with Gasteiger partial charge < -0.3 is 29.0 Å². The molecule has 6 rings (SSSR count). The molecule has 0 spiro atoms. The maximum atomic E-state index is 15.5. The van der Waals surface area contributed by atoms with Gasteiger partial charge in [-0.25, -0.2) is 9.37 Å². The molecule has 1 saturated heterocycles. The van der Waals surface area contributed by atoms with E-state index in [4.69, 9.17) is 23.7 Å². The number of hydrogen-bond acceptors (Lipinski definition) is 10. The van der Waals surface area contributed by atoms with Gasteiger partial charge in [-0.1, -0.05) is 6.07 Å². The Hall–Kier alpha value is -5.20. The Morgan fingerprint density at radius 2 is 1.72 bits per heavy atom. The van der Waals surface area contributed by atoms with Crippen molar-refractivity contribution in [3.8, 4) is 39.9 Å². The molecule has 5 aromatic rings. The number of pyridine rings is 1. The monoisotopic (exact) mass is 641 g/mol. The van der Waals surface area contributed by atoms with E-state index < -0.39 is 5.82 Å². The van der Waals surface area contributed by atoms with Crippen molar-refractivity contribution in [1.29, 1.82) is 0 Å². The molecule has 0 unspecified atom stereocenters. The van der Waals surface area contributed by atoms with Crippen molar-refractivity contribution in [3.05, 3.63) is 89.2 Å². The fraction of sp³-hybridized carbons (Fsp3) is 0.286. The molecule has 0 saturated carbocycles. The number of hydrogen-bond donors (Lipinski definition) is 1. The first-order chi connectivity index (χ1) is 22.9. The number of anilines is 2. The molecule has 3 heterocycles. The van der Waals surface area contributed by atoms with Gasteiger partial charge >= 0.3 is 0 Å². The first kappa shape index (κ1) is 31.8. The minimum atomic E-state index is -0.637. The van der Waals surface area contributed by atoms with Crippen LogP contribution < -0.4 is 29.8 Å². The quantitative estimate of drug-likeness (QED) is 0.168. The van der Waals surface area contributed by atoms with E-state index in [2.05, 4.69) is 20.2 Å². The van der Waals surface area contributed by atoms with Gasteiger partial charge in [-0.3, -0.25) is 19.2 Å². The molecule has 11 nitrogen and oxygen atoms in total. The highest BCUT2D eigenvalue weighted by Crippen LogP contribution is 2.38. The van der Waals surface area contributed by atoms with Crippen LogP contribution in [0.4, 0.5) is 16.0 Å². The molecule has 47 heavy (non-hydrogen) atoms. The van der Waals surface area contributed by atoms with Gasteiger partial charge in [-0.15, -0.1) is 0 Å². The maximum absolute atomic E-state index is 15.5. The van der Waals surface area contributed by atoms with E-state index in [9.17, 15) is 4.79 Å². The molecule has 0 amide bonds. The van der Waals surface area contributed by atoms with E-state index in [0.29, 0.717) is 52.0 Å². The maximum Gasteiger partial charge on any atom is 0.262 e. The van der Waals surface area contributed by atoms with Crippen molar-refractivity contribution >= 4 is 22.5 Å². The zero-order valence-electron chi connectivity index (χ0n) is 26.5. The Morgan fingerprint density at radius 1 is 0.915 bits per heavy atom. The van der Waals surface area contributed by atoms with Gasteiger partial charge in [0.25, 0.3) is 5.56 Å². The normalized spacial score (nSPS) is 13.4. The summed E-state index contributed by atoms with van der Waals surface area (Å²) >= 11 is 0. The number of halogens is 1. The molecule has 0 radical (unpaired) electrons. The molecule has 1 N–H and O–H groups in total. The average Bonchev–Trinajstić information content (AvgIpc) is 3.10.